The summed E-state index contributed by atoms with van der Waals surface area (Å²) in [6, 6.07) is 8.85. The van der Waals surface area contributed by atoms with E-state index < -0.39 is 11.6 Å². The number of hydrogen-bond acceptors (Lipinski definition) is 2. The van der Waals surface area contributed by atoms with Crippen LogP contribution in [0.2, 0.25) is 0 Å². The zero-order valence-corrected chi connectivity index (χ0v) is 11.6. The number of hydrogen-bond donors (Lipinski definition) is 1. The van der Waals surface area contributed by atoms with Gasteiger partial charge in [0.25, 0.3) is 0 Å². The van der Waals surface area contributed by atoms with Gasteiger partial charge in [-0.3, -0.25) is 0 Å². The van der Waals surface area contributed by atoms with Crippen LogP contribution in [0, 0.1) is 30.4 Å². The highest BCUT2D eigenvalue weighted by Gasteiger charge is 2.05. The van der Waals surface area contributed by atoms with Gasteiger partial charge >= 0.3 is 0 Å². The fourth-order valence-corrected chi connectivity index (χ4v) is 1.87. The van der Waals surface area contributed by atoms with Crippen LogP contribution in [-0.4, -0.2) is 6.54 Å². The lowest BCUT2D eigenvalue weighted by atomic mass is 10.1. The Kier molecular flexibility index (Phi) is 4.91. The monoisotopic (exact) mass is 287 g/mol. The van der Waals surface area contributed by atoms with Gasteiger partial charge in [0.15, 0.2) is 0 Å². The van der Waals surface area contributed by atoms with Crippen molar-refractivity contribution in [1.82, 2.24) is 0 Å². The standard InChI is InChI=1S/C17H15F2NO/c1-12-4-5-17(14(7-12)3-2-6-20)21-11-13-8-15(18)10-16(19)9-13/h4-5,7-10H,6,11,20H2,1H3. The molecule has 0 unspecified atom stereocenters. The van der Waals surface area contributed by atoms with Crippen LogP contribution in [0.15, 0.2) is 36.4 Å². The molecule has 0 spiro atoms. The molecule has 0 fully saturated rings. The van der Waals surface area contributed by atoms with E-state index in [1.54, 1.807) is 6.07 Å². The maximum absolute atomic E-state index is 13.1. The first-order valence-electron chi connectivity index (χ1n) is 6.46. The molecule has 21 heavy (non-hydrogen) atoms. The van der Waals surface area contributed by atoms with E-state index in [2.05, 4.69) is 11.8 Å². The van der Waals surface area contributed by atoms with Gasteiger partial charge in [0.2, 0.25) is 0 Å². The minimum absolute atomic E-state index is 0.0645. The molecule has 4 heteroatoms. The highest BCUT2D eigenvalue weighted by Crippen LogP contribution is 2.21. The molecule has 0 aliphatic carbocycles. The normalized spacial score (nSPS) is 9.90. The molecule has 0 aliphatic heterocycles. The molecular weight excluding hydrogens is 272 g/mol. The van der Waals surface area contributed by atoms with E-state index >= 15 is 0 Å². The van der Waals surface area contributed by atoms with Crippen molar-refractivity contribution in [3.8, 4) is 17.6 Å². The predicted octanol–water partition coefficient (Wildman–Crippen LogP) is 3.16. The van der Waals surface area contributed by atoms with Crippen molar-refractivity contribution in [3.63, 3.8) is 0 Å². The van der Waals surface area contributed by atoms with Crippen molar-refractivity contribution >= 4 is 0 Å². The topological polar surface area (TPSA) is 35.2 Å². The second-order valence-corrected chi connectivity index (χ2v) is 4.57. The highest BCUT2D eigenvalue weighted by atomic mass is 19.1. The number of rotatable bonds is 3. The van der Waals surface area contributed by atoms with Crippen molar-refractivity contribution in [1.29, 1.82) is 0 Å². The minimum Gasteiger partial charge on any atom is -0.488 e. The SMILES string of the molecule is Cc1ccc(OCc2cc(F)cc(F)c2)c(C#CCN)c1. The van der Waals surface area contributed by atoms with Gasteiger partial charge in [0.05, 0.1) is 12.1 Å². The van der Waals surface area contributed by atoms with Crippen molar-refractivity contribution in [3.05, 3.63) is 64.7 Å². The first kappa shape index (κ1) is 15.0. The zero-order valence-electron chi connectivity index (χ0n) is 11.6. The number of nitrogens with two attached hydrogens (primary N) is 1. The second kappa shape index (κ2) is 6.87. The fourth-order valence-electron chi connectivity index (χ4n) is 1.87. The summed E-state index contributed by atoms with van der Waals surface area (Å²) in [6.45, 7) is 2.26. The Morgan fingerprint density at radius 2 is 1.81 bits per heavy atom. The first-order chi connectivity index (χ1) is 10.1. The number of aryl methyl sites for hydroxylation is 1. The fraction of sp³-hybridized carbons (Fsp3) is 0.176. The molecule has 0 amide bonds. The number of ether oxygens (including phenoxy) is 1. The van der Waals surface area contributed by atoms with Gasteiger partial charge in [-0.2, -0.15) is 0 Å². The van der Waals surface area contributed by atoms with Crippen LogP contribution in [0.1, 0.15) is 16.7 Å². The van der Waals surface area contributed by atoms with Gasteiger partial charge in [0, 0.05) is 6.07 Å². The Labute approximate surface area is 122 Å². The summed E-state index contributed by atoms with van der Waals surface area (Å²) in [6.07, 6.45) is 0. The molecule has 0 radical (unpaired) electrons. The van der Waals surface area contributed by atoms with E-state index in [0.717, 1.165) is 11.6 Å². The summed E-state index contributed by atoms with van der Waals surface area (Å²) in [4.78, 5) is 0. The van der Waals surface area contributed by atoms with Gasteiger partial charge in [-0.1, -0.05) is 17.9 Å². The van der Waals surface area contributed by atoms with E-state index in [-0.39, 0.29) is 13.2 Å². The third-order valence-corrected chi connectivity index (χ3v) is 2.78. The third-order valence-electron chi connectivity index (χ3n) is 2.78. The summed E-state index contributed by atoms with van der Waals surface area (Å²) in [7, 11) is 0. The van der Waals surface area contributed by atoms with Gasteiger partial charge in [0.1, 0.15) is 24.0 Å². The molecule has 108 valence electrons. The molecule has 0 saturated heterocycles. The summed E-state index contributed by atoms with van der Waals surface area (Å²) < 4.78 is 31.9. The van der Waals surface area contributed by atoms with Crippen LogP contribution in [-0.2, 0) is 6.61 Å². The Morgan fingerprint density at radius 3 is 2.48 bits per heavy atom. The molecule has 0 saturated carbocycles. The summed E-state index contributed by atoms with van der Waals surface area (Å²) >= 11 is 0. The molecule has 0 heterocycles. The van der Waals surface area contributed by atoms with Gasteiger partial charge in [-0.15, -0.1) is 0 Å². The van der Waals surface area contributed by atoms with E-state index in [1.807, 2.05) is 19.1 Å². The summed E-state index contributed by atoms with van der Waals surface area (Å²) in [5, 5.41) is 0. The first-order valence-corrected chi connectivity index (χ1v) is 6.46. The Hall–Kier alpha value is -2.38. The maximum Gasteiger partial charge on any atom is 0.135 e. The Balaban J connectivity index is 2.19. The van der Waals surface area contributed by atoms with Crippen LogP contribution in [0.25, 0.3) is 0 Å². The molecule has 2 N–H and O–H groups in total. The average Bonchev–Trinajstić information content (AvgIpc) is 2.43. The van der Waals surface area contributed by atoms with Crippen LogP contribution >= 0.6 is 0 Å². The lowest BCUT2D eigenvalue weighted by molar-refractivity contribution is 0.304. The Bertz CT molecular complexity index is 681. The van der Waals surface area contributed by atoms with E-state index in [0.29, 0.717) is 16.9 Å². The number of halogens is 2. The van der Waals surface area contributed by atoms with E-state index in [9.17, 15) is 8.78 Å². The summed E-state index contributed by atoms with van der Waals surface area (Å²) in [5.41, 5.74) is 7.54. The lowest BCUT2D eigenvalue weighted by Crippen LogP contribution is -1.99. The molecule has 2 aromatic rings. The number of benzene rings is 2. The average molecular weight is 287 g/mol. The Morgan fingerprint density at radius 1 is 1.10 bits per heavy atom. The van der Waals surface area contributed by atoms with Crippen LogP contribution in [0.4, 0.5) is 8.78 Å². The quantitative estimate of drug-likeness (QED) is 0.880. The van der Waals surface area contributed by atoms with Gasteiger partial charge in [-0.05, 0) is 42.3 Å². The van der Waals surface area contributed by atoms with Crippen molar-refractivity contribution in [2.24, 2.45) is 5.73 Å². The smallest absolute Gasteiger partial charge is 0.135 e. The van der Waals surface area contributed by atoms with Crippen molar-refractivity contribution < 1.29 is 13.5 Å². The summed E-state index contributed by atoms with van der Waals surface area (Å²) in [5.74, 6) is 5.00. The maximum atomic E-state index is 13.1. The molecule has 2 nitrogen and oxygen atoms in total. The molecular formula is C17H15F2NO. The zero-order chi connectivity index (χ0) is 15.2. The minimum atomic E-state index is -0.624. The molecule has 0 bridgehead atoms. The molecule has 0 atom stereocenters. The van der Waals surface area contributed by atoms with Crippen molar-refractivity contribution in [2.75, 3.05) is 6.54 Å². The molecule has 2 aromatic carbocycles. The van der Waals surface area contributed by atoms with Crippen LogP contribution in [0.5, 0.6) is 5.75 Å². The van der Waals surface area contributed by atoms with E-state index in [1.165, 1.54) is 12.1 Å². The predicted molar refractivity (Wildman–Crippen MR) is 77.8 cm³/mol. The second-order valence-electron chi connectivity index (χ2n) is 4.57. The van der Waals surface area contributed by atoms with E-state index in [4.69, 9.17) is 10.5 Å². The molecule has 0 aromatic heterocycles. The van der Waals surface area contributed by atoms with Crippen LogP contribution in [0.3, 0.4) is 0 Å². The highest BCUT2D eigenvalue weighted by molar-refractivity contribution is 5.48. The van der Waals surface area contributed by atoms with Gasteiger partial charge < -0.3 is 10.5 Å². The largest absolute Gasteiger partial charge is 0.488 e. The molecule has 0 aliphatic rings. The third kappa shape index (κ3) is 4.30. The molecule has 2 rings (SSSR count). The van der Waals surface area contributed by atoms with Gasteiger partial charge in [-0.25, -0.2) is 8.78 Å². The van der Waals surface area contributed by atoms with Crippen LogP contribution < -0.4 is 10.5 Å². The van der Waals surface area contributed by atoms with Crippen molar-refractivity contribution in [2.45, 2.75) is 13.5 Å². The lowest BCUT2D eigenvalue weighted by Gasteiger charge is -2.09.